The minimum absolute atomic E-state index is 0.0239. The van der Waals surface area contributed by atoms with Crippen molar-refractivity contribution in [3.63, 3.8) is 0 Å². The summed E-state index contributed by atoms with van der Waals surface area (Å²) in [6.07, 6.45) is 2.69. The van der Waals surface area contributed by atoms with Crippen molar-refractivity contribution < 1.29 is 10.0 Å². The lowest BCUT2D eigenvalue weighted by Crippen LogP contribution is -2.35. The highest BCUT2D eigenvalue weighted by atomic mass is 16.6. The lowest BCUT2D eigenvalue weighted by Gasteiger charge is -2.24. The summed E-state index contributed by atoms with van der Waals surface area (Å²) >= 11 is 0. The number of aliphatic hydroxyl groups is 1. The highest BCUT2D eigenvalue weighted by molar-refractivity contribution is 5.35. The highest BCUT2D eigenvalue weighted by Gasteiger charge is 2.17. The molecule has 19 heavy (non-hydrogen) atoms. The summed E-state index contributed by atoms with van der Waals surface area (Å²) in [6.45, 7) is 4.15. The molecule has 106 valence electrons. The van der Waals surface area contributed by atoms with Gasteiger partial charge in [0.1, 0.15) is 0 Å². The predicted octanol–water partition coefficient (Wildman–Crippen LogP) is 2.80. The second kappa shape index (κ2) is 7.86. The Morgan fingerprint density at radius 1 is 1.42 bits per heavy atom. The van der Waals surface area contributed by atoms with Crippen LogP contribution in [0.2, 0.25) is 0 Å². The highest BCUT2D eigenvalue weighted by Crippen LogP contribution is 2.23. The fourth-order valence-corrected chi connectivity index (χ4v) is 2.07. The van der Waals surface area contributed by atoms with E-state index >= 15 is 0 Å². The number of nitro benzene ring substituents is 1. The maximum absolute atomic E-state index is 10.8. The van der Waals surface area contributed by atoms with E-state index < -0.39 is 0 Å². The number of non-ortho nitro benzene ring substituents is 1. The van der Waals surface area contributed by atoms with E-state index in [0.29, 0.717) is 0 Å². The molecule has 0 heterocycles. The van der Waals surface area contributed by atoms with Crippen LogP contribution in [0.1, 0.15) is 44.7 Å². The van der Waals surface area contributed by atoms with Crippen LogP contribution in [-0.4, -0.2) is 22.7 Å². The average Bonchev–Trinajstić information content (AvgIpc) is 2.43. The number of hydrogen-bond acceptors (Lipinski definition) is 4. The van der Waals surface area contributed by atoms with Crippen LogP contribution in [0.4, 0.5) is 5.69 Å². The molecule has 0 saturated heterocycles. The van der Waals surface area contributed by atoms with Gasteiger partial charge in [0, 0.05) is 24.2 Å². The molecule has 1 aromatic carbocycles. The van der Waals surface area contributed by atoms with Crippen LogP contribution in [0, 0.1) is 10.1 Å². The standard InChI is InChI=1S/C14H22N2O3/c1-3-6-14(15-12(4-2)10-17)11-7-5-8-13(9-11)16(18)19/h5,7-9,12,14-15,17H,3-4,6,10H2,1-2H3/t12-,14?/m1/s1. The van der Waals surface area contributed by atoms with Crippen LogP contribution < -0.4 is 5.32 Å². The van der Waals surface area contributed by atoms with E-state index in [0.717, 1.165) is 24.8 Å². The van der Waals surface area contributed by atoms with Gasteiger partial charge in [0.05, 0.1) is 11.5 Å². The summed E-state index contributed by atoms with van der Waals surface area (Å²) in [4.78, 5) is 10.4. The molecule has 0 amide bonds. The minimum atomic E-state index is -0.379. The molecule has 1 rings (SSSR count). The number of rotatable bonds is 8. The lowest BCUT2D eigenvalue weighted by molar-refractivity contribution is -0.384. The summed E-state index contributed by atoms with van der Waals surface area (Å²) in [7, 11) is 0. The third-order valence-corrected chi connectivity index (χ3v) is 3.21. The summed E-state index contributed by atoms with van der Waals surface area (Å²) in [6, 6.07) is 6.77. The van der Waals surface area contributed by atoms with Gasteiger partial charge >= 0.3 is 0 Å². The smallest absolute Gasteiger partial charge is 0.269 e. The third-order valence-electron chi connectivity index (χ3n) is 3.21. The number of nitro groups is 1. The average molecular weight is 266 g/mol. The quantitative estimate of drug-likeness (QED) is 0.560. The molecular weight excluding hydrogens is 244 g/mol. The fraction of sp³-hybridized carbons (Fsp3) is 0.571. The van der Waals surface area contributed by atoms with Crippen LogP contribution in [0.5, 0.6) is 0 Å². The van der Waals surface area contributed by atoms with Gasteiger partial charge in [0.25, 0.3) is 5.69 Å². The molecule has 0 fully saturated rings. The van der Waals surface area contributed by atoms with Gasteiger partial charge in [-0.15, -0.1) is 0 Å². The Bertz CT molecular complexity index is 405. The number of nitrogens with one attached hydrogen (secondary N) is 1. The van der Waals surface area contributed by atoms with Crippen molar-refractivity contribution in [1.29, 1.82) is 0 Å². The van der Waals surface area contributed by atoms with Crippen molar-refractivity contribution in [2.75, 3.05) is 6.61 Å². The zero-order chi connectivity index (χ0) is 14.3. The Hall–Kier alpha value is -1.46. The minimum Gasteiger partial charge on any atom is -0.395 e. The second-order valence-electron chi connectivity index (χ2n) is 4.65. The van der Waals surface area contributed by atoms with Crippen molar-refractivity contribution >= 4 is 5.69 Å². The van der Waals surface area contributed by atoms with E-state index in [-0.39, 0.29) is 29.3 Å². The predicted molar refractivity (Wildman–Crippen MR) is 75.0 cm³/mol. The fourth-order valence-electron chi connectivity index (χ4n) is 2.07. The van der Waals surface area contributed by atoms with Crippen LogP contribution >= 0.6 is 0 Å². The Labute approximate surface area is 113 Å². The van der Waals surface area contributed by atoms with E-state index in [1.807, 2.05) is 13.0 Å². The summed E-state index contributed by atoms with van der Waals surface area (Å²) < 4.78 is 0. The van der Waals surface area contributed by atoms with Crippen LogP contribution in [0.3, 0.4) is 0 Å². The van der Waals surface area contributed by atoms with Crippen LogP contribution in [-0.2, 0) is 0 Å². The molecule has 0 aliphatic heterocycles. The van der Waals surface area contributed by atoms with Gasteiger partial charge in [0.2, 0.25) is 0 Å². The Morgan fingerprint density at radius 3 is 2.68 bits per heavy atom. The van der Waals surface area contributed by atoms with Gasteiger partial charge < -0.3 is 10.4 Å². The molecule has 0 bridgehead atoms. The summed E-state index contributed by atoms with van der Waals surface area (Å²) in [5, 5.41) is 23.4. The molecular formula is C14H22N2O3. The maximum atomic E-state index is 10.8. The lowest BCUT2D eigenvalue weighted by atomic mass is 10.0. The Morgan fingerprint density at radius 2 is 2.16 bits per heavy atom. The first kappa shape index (κ1) is 15.6. The van der Waals surface area contributed by atoms with Crippen molar-refractivity contribution in [3.8, 4) is 0 Å². The maximum Gasteiger partial charge on any atom is 0.269 e. The molecule has 5 nitrogen and oxygen atoms in total. The summed E-state index contributed by atoms with van der Waals surface area (Å²) in [5.41, 5.74) is 1.01. The SMILES string of the molecule is CCCC(N[C@H](CC)CO)c1cccc([N+](=O)[O-])c1. The van der Waals surface area contributed by atoms with Gasteiger partial charge in [-0.1, -0.05) is 32.4 Å². The van der Waals surface area contributed by atoms with Crippen LogP contribution in [0.25, 0.3) is 0 Å². The molecule has 0 spiro atoms. The van der Waals surface area contributed by atoms with Gasteiger partial charge in [-0.25, -0.2) is 0 Å². The van der Waals surface area contributed by atoms with E-state index in [9.17, 15) is 15.2 Å². The van der Waals surface area contributed by atoms with Crippen LogP contribution in [0.15, 0.2) is 24.3 Å². The molecule has 0 aromatic heterocycles. The summed E-state index contributed by atoms with van der Waals surface area (Å²) in [5.74, 6) is 0. The molecule has 2 N–H and O–H groups in total. The van der Waals surface area contributed by atoms with E-state index in [2.05, 4.69) is 12.2 Å². The van der Waals surface area contributed by atoms with E-state index in [1.165, 1.54) is 6.07 Å². The monoisotopic (exact) mass is 266 g/mol. The molecule has 0 radical (unpaired) electrons. The van der Waals surface area contributed by atoms with E-state index in [1.54, 1.807) is 12.1 Å². The first-order valence-corrected chi connectivity index (χ1v) is 6.73. The second-order valence-corrected chi connectivity index (χ2v) is 4.65. The zero-order valence-electron chi connectivity index (χ0n) is 11.5. The first-order valence-electron chi connectivity index (χ1n) is 6.73. The molecule has 2 atom stereocenters. The van der Waals surface area contributed by atoms with Crippen molar-refractivity contribution in [2.45, 2.75) is 45.2 Å². The molecule has 5 heteroatoms. The van der Waals surface area contributed by atoms with Gasteiger partial charge in [-0.3, -0.25) is 10.1 Å². The molecule has 0 aliphatic rings. The zero-order valence-corrected chi connectivity index (χ0v) is 11.5. The van der Waals surface area contributed by atoms with Crippen molar-refractivity contribution in [2.24, 2.45) is 0 Å². The van der Waals surface area contributed by atoms with Crippen molar-refractivity contribution in [1.82, 2.24) is 5.32 Å². The molecule has 0 aliphatic carbocycles. The Balaban J connectivity index is 2.91. The van der Waals surface area contributed by atoms with Gasteiger partial charge in [-0.2, -0.15) is 0 Å². The largest absolute Gasteiger partial charge is 0.395 e. The van der Waals surface area contributed by atoms with Crippen molar-refractivity contribution in [3.05, 3.63) is 39.9 Å². The van der Waals surface area contributed by atoms with E-state index in [4.69, 9.17) is 0 Å². The first-order chi connectivity index (χ1) is 9.12. The number of aliphatic hydroxyl groups excluding tert-OH is 1. The number of benzene rings is 1. The Kier molecular flexibility index (Phi) is 6.45. The molecule has 0 saturated carbocycles. The topological polar surface area (TPSA) is 75.4 Å². The third kappa shape index (κ3) is 4.61. The molecule has 1 unspecified atom stereocenters. The van der Waals surface area contributed by atoms with Gasteiger partial charge in [0.15, 0.2) is 0 Å². The molecule has 1 aromatic rings. The number of nitrogens with zero attached hydrogens (tertiary/aromatic N) is 1. The normalized spacial score (nSPS) is 14.1. The van der Waals surface area contributed by atoms with Gasteiger partial charge in [-0.05, 0) is 18.4 Å². The number of hydrogen-bond donors (Lipinski definition) is 2.